The number of carbonyl (C=O) groups excluding carboxylic acids is 3. The largest absolute Gasteiger partial charge is 0.494 e. The molecule has 4 amide bonds. The summed E-state index contributed by atoms with van der Waals surface area (Å²) in [7, 11) is 0. The van der Waals surface area contributed by atoms with Crippen LogP contribution in [0, 0.1) is 6.92 Å². The minimum Gasteiger partial charge on any atom is -0.494 e. The van der Waals surface area contributed by atoms with E-state index in [1.165, 1.54) is 17.4 Å². The summed E-state index contributed by atoms with van der Waals surface area (Å²) in [6.07, 6.45) is 1.52. The Morgan fingerprint density at radius 2 is 1.88 bits per heavy atom. The molecule has 1 saturated heterocycles. The van der Waals surface area contributed by atoms with E-state index in [9.17, 15) is 14.4 Å². The van der Waals surface area contributed by atoms with E-state index in [-0.39, 0.29) is 5.57 Å². The number of nitrogens with one attached hydrogen (secondary N) is 1. The maximum Gasteiger partial charge on any atom is 0.335 e. The average molecular weight is 356 g/mol. The van der Waals surface area contributed by atoms with E-state index in [1.807, 2.05) is 25.3 Å². The van der Waals surface area contributed by atoms with Crippen molar-refractivity contribution in [1.29, 1.82) is 0 Å². The Labute approximate surface area is 148 Å². The summed E-state index contributed by atoms with van der Waals surface area (Å²) < 4.78 is 5.36. The number of imide groups is 2. The van der Waals surface area contributed by atoms with Crippen LogP contribution in [0.25, 0.3) is 6.08 Å². The van der Waals surface area contributed by atoms with E-state index >= 15 is 0 Å². The van der Waals surface area contributed by atoms with E-state index in [2.05, 4.69) is 5.32 Å². The Morgan fingerprint density at radius 3 is 2.48 bits per heavy atom. The fraction of sp³-hybridized carbons (Fsp3) is 0.167. The topological polar surface area (TPSA) is 75.7 Å². The first-order chi connectivity index (χ1) is 12.0. The number of benzene rings is 1. The Morgan fingerprint density at radius 1 is 1.16 bits per heavy atom. The molecule has 2 heterocycles. The zero-order chi connectivity index (χ0) is 18.0. The van der Waals surface area contributed by atoms with Gasteiger partial charge in [-0.25, -0.2) is 9.69 Å². The number of thiophene rings is 1. The van der Waals surface area contributed by atoms with Gasteiger partial charge in [0.2, 0.25) is 0 Å². The Kier molecular flexibility index (Phi) is 4.67. The van der Waals surface area contributed by atoms with Crippen LogP contribution in [-0.4, -0.2) is 24.5 Å². The van der Waals surface area contributed by atoms with Crippen molar-refractivity contribution in [2.75, 3.05) is 11.5 Å². The quantitative estimate of drug-likeness (QED) is 0.675. The third-order valence-corrected chi connectivity index (χ3v) is 4.65. The van der Waals surface area contributed by atoms with Crippen LogP contribution in [0.3, 0.4) is 0 Å². The third-order valence-electron chi connectivity index (χ3n) is 3.68. The molecule has 25 heavy (non-hydrogen) atoms. The first-order valence-electron chi connectivity index (χ1n) is 7.69. The smallest absolute Gasteiger partial charge is 0.335 e. The molecule has 1 aromatic heterocycles. The highest BCUT2D eigenvalue weighted by atomic mass is 32.1. The van der Waals surface area contributed by atoms with Crippen molar-refractivity contribution in [3.8, 4) is 5.75 Å². The number of hydrogen-bond acceptors (Lipinski definition) is 5. The molecule has 1 fully saturated rings. The van der Waals surface area contributed by atoms with E-state index in [1.54, 1.807) is 24.3 Å². The molecule has 0 spiro atoms. The molecule has 128 valence electrons. The van der Waals surface area contributed by atoms with Crippen molar-refractivity contribution in [2.24, 2.45) is 0 Å². The molecule has 6 nitrogen and oxygen atoms in total. The second-order valence-electron chi connectivity index (χ2n) is 5.35. The van der Waals surface area contributed by atoms with Crippen LogP contribution in [0.2, 0.25) is 0 Å². The molecule has 7 heteroatoms. The minimum atomic E-state index is -0.765. The normalized spacial score (nSPS) is 16.3. The molecule has 1 aromatic carbocycles. The lowest BCUT2D eigenvalue weighted by molar-refractivity contribution is -0.122. The molecule has 0 atom stereocenters. The maximum absolute atomic E-state index is 12.7. The van der Waals surface area contributed by atoms with Gasteiger partial charge in [0.25, 0.3) is 11.8 Å². The van der Waals surface area contributed by atoms with Crippen molar-refractivity contribution in [3.63, 3.8) is 0 Å². The van der Waals surface area contributed by atoms with Gasteiger partial charge in [0.15, 0.2) is 0 Å². The molecule has 0 radical (unpaired) electrons. The number of urea groups is 1. The number of ether oxygens (including phenoxy) is 1. The number of carbonyl (C=O) groups is 3. The van der Waals surface area contributed by atoms with E-state index in [0.29, 0.717) is 18.0 Å². The first-order valence-corrected chi connectivity index (χ1v) is 8.57. The SMILES string of the molecule is CCOc1ccc(N2C(=O)NC(=O)/C(=C\c3sccc3C)C2=O)cc1. The van der Waals surface area contributed by atoms with Crippen molar-refractivity contribution in [3.05, 3.63) is 51.7 Å². The zero-order valence-electron chi connectivity index (χ0n) is 13.7. The number of aryl methyl sites for hydroxylation is 1. The van der Waals surface area contributed by atoms with Gasteiger partial charge in [-0.05, 0) is 61.2 Å². The lowest BCUT2D eigenvalue weighted by Crippen LogP contribution is -2.54. The van der Waals surface area contributed by atoms with Crippen LogP contribution in [0.15, 0.2) is 41.3 Å². The highest BCUT2D eigenvalue weighted by Gasteiger charge is 2.36. The standard InChI is InChI=1S/C18H16N2O4S/c1-3-24-13-6-4-12(5-7-13)20-17(22)14(16(21)19-18(20)23)10-15-11(2)8-9-25-15/h4-10H,3H2,1-2H3,(H,19,21,23)/b14-10+. The van der Waals surface area contributed by atoms with Crippen LogP contribution >= 0.6 is 11.3 Å². The monoisotopic (exact) mass is 356 g/mol. The summed E-state index contributed by atoms with van der Waals surface area (Å²) in [6.45, 7) is 4.28. The average Bonchev–Trinajstić information content (AvgIpc) is 2.98. The van der Waals surface area contributed by atoms with Gasteiger partial charge in [0, 0.05) is 4.88 Å². The number of rotatable bonds is 4. The van der Waals surface area contributed by atoms with Crippen LogP contribution in [-0.2, 0) is 9.59 Å². The lowest BCUT2D eigenvalue weighted by atomic mass is 10.1. The van der Waals surface area contributed by atoms with Gasteiger partial charge in [-0.3, -0.25) is 14.9 Å². The van der Waals surface area contributed by atoms with Crippen LogP contribution < -0.4 is 15.0 Å². The summed E-state index contributed by atoms with van der Waals surface area (Å²) in [6, 6.07) is 7.68. The number of nitrogens with zero attached hydrogens (tertiary/aromatic N) is 1. The number of barbiturate groups is 1. The van der Waals surface area contributed by atoms with Gasteiger partial charge >= 0.3 is 6.03 Å². The molecule has 2 aromatic rings. The summed E-state index contributed by atoms with van der Waals surface area (Å²) in [5.41, 5.74) is 1.26. The molecule has 0 saturated carbocycles. The molecule has 1 aliphatic rings. The molecule has 3 rings (SSSR count). The summed E-state index contributed by atoms with van der Waals surface area (Å²) in [4.78, 5) is 38.8. The molecule has 0 bridgehead atoms. The predicted octanol–water partition coefficient (Wildman–Crippen LogP) is 3.12. The fourth-order valence-electron chi connectivity index (χ4n) is 2.41. The second-order valence-corrected chi connectivity index (χ2v) is 6.30. The van der Waals surface area contributed by atoms with Gasteiger partial charge in [-0.2, -0.15) is 0 Å². The summed E-state index contributed by atoms with van der Waals surface area (Å²) in [5.74, 6) is -0.701. The van der Waals surface area contributed by atoms with Gasteiger partial charge in [-0.1, -0.05) is 0 Å². The Hall–Kier alpha value is -2.93. The van der Waals surface area contributed by atoms with Crippen molar-refractivity contribution < 1.29 is 19.1 Å². The highest BCUT2D eigenvalue weighted by Crippen LogP contribution is 2.26. The Bertz CT molecular complexity index is 867. The Balaban J connectivity index is 1.95. The highest BCUT2D eigenvalue weighted by molar-refractivity contribution is 7.11. The summed E-state index contributed by atoms with van der Waals surface area (Å²) in [5, 5.41) is 4.09. The van der Waals surface area contributed by atoms with E-state index < -0.39 is 17.8 Å². The van der Waals surface area contributed by atoms with Crippen LogP contribution in [0.5, 0.6) is 5.75 Å². The number of anilines is 1. The van der Waals surface area contributed by atoms with Crippen LogP contribution in [0.1, 0.15) is 17.4 Å². The molecule has 0 unspecified atom stereocenters. The van der Waals surface area contributed by atoms with Crippen LogP contribution in [0.4, 0.5) is 10.5 Å². The van der Waals surface area contributed by atoms with Gasteiger partial charge in [0.05, 0.1) is 12.3 Å². The minimum absolute atomic E-state index is 0.0703. The summed E-state index contributed by atoms with van der Waals surface area (Å²) >= 11 is 1.42. The first kappa shape index (κ1) is 16.9. The van der Waals surface area contributed by atoms with E-state index in [4.69, 9.17) is 4.74 Å². The van der Waals surface area contributed by atoms with Crippen molar-refractivity contribution in [2.45, 2.75) is 13.8 Å². The zero-order valence-corrected chi connectivity index (χ0v) is 14.6. The molecule has 1 aliphatic heterocycles. The maximum atomic E-state index is 12.7. The predicted molar refractivity (Wildman–Crippen MR) is 95.7 cm³/mol. The molecular weight excluding hydrogens is 340 g/mol. The second kappa shape index (κ2) is 6.90. The fourth-order valence-corrected chi connectivity index (χ4v) is 3.27. The molecular formula is C18H16N2O4S. The van der Waals surface area contributed by atoms with Crippen molar-refractivity contribution in [1.82, 2.24) is 5.32 Å². The lowest BCUT2D eigenvalue weighted by Gasteiger charge is -2.26. The van der Waals surface area contributed by atoms with Gasteiger partial charge in [0.1, 0.15) is 11.3 Å². The number of hydrogen-bond donors (Lipinski definition) is 1. The van der Waals surface area contributed by atoms with Gasteiger partial charge < -0.3 is 4.74 Å². The van der Waals surface area contributed by atoms with Crippen molar-refractivity contribution >= 4 is 40.9 Å². The van der Waals surface area contributed by atoms with E-state index in [0.717, 1.165) is 15.3 Å². The number of amides is 4. The molecule has 0 aliphatic carbocycles. The van der Waals surface area contributed by atoms with Gasteiger partial charge in [-0.15, -0.1) is 11.3 Å². The molecule has 1 N–H and O–H groups in total. The third kappa shape index (κ3) is 3.32.